The monoisotopic (exact) mass is 275 g/mol. The molecule has 0 aromatic heterocycles. The van der Waals surface area contributed by atoms with Gasteiger partial charge in [-0.15, -0.1) is 0 Å². The number of anilines is 1. The summed E-state index contributed by atoms with van der Waals surface area (Å²) in [6, 6.07) is 5.61. The Morgan fingerprint density at radius 2 is 2.25 bits per heavy atom. The van der Waals surface area contributed by atoms with Gasteiger partial charge < -0.3 is 20.3 Å². The van der Waals surface area contributed by atoms with Crippen LogP contribution in [0, 0.1) is 0 Å². The Kier molecular flexibility index (Phi) is 3.63. The Hall–Kier alpha value is -1.59. The van der Waals surface area contributed by atoms with Crippen LogP contribution < -0.4 is 5.73 Å². The highest BCUT2D eigenvalue weighted by Gasteiger charge is 2.28. The minimum absolute atomic E-state index is 0.0791. The summed E-state index contributed by atoms with van der Waals surface area (Å²) in [6.07, 6.45) is 1.00. The smallest absolute Gasteiger partial charge is 0.254 e. The summed E-state index contributed by atoms with van der Waals surface area (Å²) >= 11 is 0. The van der Waals surface area contributed by atoms with E-state index < -0.39 is 0 Å². The van der Waals surface area contributed by atoms with E-state index >= 15 is 0 Å². The highest BCUT2D eigenvalue weighted by molar-refractivity contribution is 5.97. The topological polar surface area (TPSA) is 58.8 Å². The van der Waals surface area contributed by atoms with Gasteiger partial charge in [-0.25, -0.2) is 0 Å². The number of nitrogen functional groups attached to an aromatic ring is 1. The number of carbonyl (C=O) groups is 1. The standard InChI is InChI=1S/C15H21N3O2/c1-17-6-7-20-13(9-17)10-18-5-4-11-2-3-12(16)8-14(11)15(18)19/h2-3,8,13H,4-7,9-10,16H2,1H3. The van der Waals surface area contributed by atoms with E-state index in [9.17, 15) is 4.79 Å². The first-order valence-electron chi connectivity index (χ1n) is 7.11. The van der Waals surface area contributed by atoms with E-state index in [-0.39, 0.29) is 12.0 Å². The molecule has 5 nitrogen and oxygen atoms in total. The lowest BCUT2D eigenvalue weighted by molar-refractivity contribution is -0.0330. The van der Waals surface area contributed by atoms with Crippen molar-refractivity contribution in [3.05, 3.63) is 29.3 Å². The van der Waals surface area contributed by atoms with Crippen LogP contribution in [0.2, 0.25) is 0 Å². The number of fused-ring (bicyclic) bond motifs is 1. The van der Waals surface area contributed by atoms with Crippen molar-refractivity contribution >= 4 is 11.6 Å². The van der Waals surface area contributed by atoms with E-state index in [1.807, 2.05) is 17.0 Å². The lowest BCUT2D eigenvalue weighted by Gasteiger charge is -2.35. The molecule has 108 valence electrons. The van der Waals surface area contributed by atoms with Crippen molar-refractivity contribution in [2.45, 2.75) is 12.5 Å². The molecule has 20 heavy (non-hydrogen) atoms. The van der Waals surface area contributed by atoms with Gasteiger partial charge in [0, 0.05) is 37.4 Å². The first-order valence-corrected chi connectivity index (χ1v) is 7.11. The molecule has 0 saturated carbocycles. The van der Waals surface area contributed by atoms with Crippen molar-refractivity contribution < 1.29 is 9.53 Å². The van der Waals surface area contributed by atoms with Gasteiger partial charge in [0.1, 0.15) is 0 Å². The Bertz CT molecular complexity index is 518. The zero-order chi connectivity index (χ0) is 14.1. The molecular weight excluding hydrogens is 254 g/mol. The Balaban J connectivity index is 1.71. The number of amides is 1. The van der Waals surface area contributed by atoms with Crippen molar-refractivity contribution in [2.75, 3.05) is 45.6 Å². The van der Waals surface area contributed by atoms with E-state index in [1.165, 1.54) is 0 Å². The van der Waals surface area contributed by atoms with E-state index in [2.05, 4.69) is 11.9 Å². The zero-order valence-corrected chi connectivity index (χ0v) is 11.8. The van der Waals surface area contributed by atoms with Gasteiger partial charge >= 0.3 is 0 Å². The SMILES string of the molecule is CN1CCOC(CN2CCc3ccc(N)cc3C2=O)C1. The number of likely N-dealkylation sites (N-methyl/N-ethyl adjacent to an activating group) is 1. The van der Waals surface area contributed by atoms with Crippen LogP contribution in [0.1, 0.15) is 15.9 Å². The van der Waals surface area contributed by atoms with Gasteiger partial charge in [-0.2, -0.15) is 0 Å². The summed E-state index contributed by atoms with van der Waals surface area (Å²) in [5.74, 6) is 0.0791. The molecule has 1 aromatic rings. The van der Waals surface area contributed by atoms with Gasteiger partial charge in [0.2, 0.25) is 0 Å². The van der Waals surface area contributed by atoms with Crippen molar-refractivity contribution in [3.8, 4) is 0 Å². The number of hydrogen-bond acceptors (Lipinski definition) is 4. The molecule has 2 aliphatic rings. The summed E-state index contributed by atoms with van der Waals surface area (Å²) in [6.45, 7) is 4.01. The molecule has 0 radical (unpaired) electrons. The summed E-state index contributed by atoms with van der Waals surface area (Å²) in [5, 5.41) is 0. The molecule has 5 heteroatoms. The molecule has 1 aromatic carbocycles. The molecule has 1 saturated heterocycles. The summed E-state index contributed by atoms with van der Waals surface area (Å²) in [7, 11) is 2.09. The molecule has 0 spiro atoms. The number of ether oxygens (including phenoxy) is 1. The van der Waals surface area contributed by atoms with Crippen LogP contribution in [-0.4, -0.2) is 61.6 Å². The second kappa shape index (κ2) is 5.42. The summed E-state index contributed by atoms with van der Waals surface area (Å²) < 4.78 is 5.75. The predicted octanol–water partition coefficient (Wildman–Crippen LogP) is 0.598. The van der Waals surface area contributed by atoms with Crippen LogP contribution >= 0.6 is 0 Å². The van der Waals surface area contributed by atoms with Crippen molar-refractivity contribution in [3.63, 3.8) is 0 Å². The average Bonchev–Trinajstić information content (AvgIpc) is 2.43. The van der Waals surface area contributed by atoms with E-state index in [4.69, 9.17) is 10.5 Å². The maximum atomic E-state index is 12.5. The molecule has 0 aliphatic carbocycles. The highest BCUT2D eigenvalue weighted by atomic mass is 16.5. The van der Waals surface area contributed by atoms with Crippen LogP contribution in [-0.2, 0) is 11.2 Å². The van der Waals surface area contributed by atoms with Crippen molar-refractivity contribution in [1.29, 1.82) is 0 Å². The van der Waals surface area contributed by atoms with Crippen LogP contribution in [0.5, 0.6) is 0 Å². The van der Waals surface area contributed by atoms with E-state index in [0.29, 0.717) is 12.2 Å². The van der Waals surface area contributed by atoms with Gasteiger partial charge in [0.15, 0.2) is 0 Å². The van der Waals surface area contributed by atoms with E-state index in [1.54, 1.807) is 6.07 Å². The van der Waals surface area contributed by atoms with Gasteiger partial charge in [0.25, 0.3) is 5.91 Å². The third-order valence-electron chi connectivity index (χ3n) is 4.07. The number of benzene rings is 1. The molecule has 1 fully saturated rings. The fraction of sp³-hybridized carbons (Fsp3) is 0.533. The van der Waals surface area contributed by atoms with Crippen LogP contribution in [0.3, 0.4) is 0 Å². The molecule has 1 atom stereocenters. The van der Waals surface area contributed by atoms with Crippen molar-refractivity contribution in [2.24, 2.45) is 0 Å². The third kappa shape index (κ3) is 2.64. The summed E-state index contributed by atoms with van der Waals surface area (Å²) in [5.41, 5.74) is 8.29. The van der Waals surface area contributed by atoms with Crippen LogP contribution in [0.4, 0.5) is 5.69 Å². The average molecular weight is 275 g/mol. The molecule has 2 heterocycles. The first kappa shape index (κ1) is 13.4. The highest BCUT2D eigenvalue weighted by Crippen LogP contribution is 2.22. The van der Waals surface area contributed by atoms with Crippen LogP contribution in [0.15, 0.2) is 18.2 Å². The fourth-order valence-electron chi connectivity index (χ4n) is 2.94. The van der Waals surface area contributed by atoms with Gasteiger partial charge in [-0.1, -0.05) is 6.07 Å². The molecule has 2 N–H and O–H groups in total. The number of morpholine rings is 1. The Labute approximate surface area is 119 Å². The van der Waals surface area contributed by atoms with Crippen molar-refractivity contribution in [1.82, 2.24) is 9.80 Å². The molecule has 0 bridgehead atoms. The minimum Gasteiger partial charge on any atom is -0.399 e. The van der Waals surface area contributed by atoms with Gasteiger partial charge in [-0.3, -0.25) is 4.79 Å². The van der Waals surface area contributed by atoms with Crippen LogP contribution in [0.25, 0.3) is 0 Å². The number of nitrogens with zero attached hydrogens (tertiary/aromatic N) is 2. The fourth-order valence-corrected chi connectivity index (χ4v) is 2.94. The Morgan fingerprint density at radius 3 is 3.05 bits per heavy atom. The number of nitrogens with two attached hydrogens (primary N) is 1. The number of carbonyl (C=O) groups excluding carboxylic acids is 1. The third-order valence-corrected chi connectivity index (χ3v) is 4.07. The molecule has 3 rings (SSSR count). The Morgan fingerprint density at radius 1 is 1.40 bits per heavy atom. The number of hydrogen-bond donors (Lipinski definition) is 1. The second-order valence-electron chi connectivity index (χ2n) is 5.67. The predicted molar refractivity (Wildman–Crippen MR) is 77.7 cm³/mol. The number of rotatable bonds is 2. The van der Waals surface area contributed by atoms with Gasteiger partial charge in [0.05, 0.1) is 12.7 Å². The molecule has 1 unspecified atom stereocenters. The first-order chi connectivity index (χ1) is 9.63. The van der Waals surface area contributed by atoms with Gasteiger partial charge in [-0.05, 0) is 31.2 Å². The second-order valence-corrected chi connectivity index (χ2v) is 5.67. The molecule has 2 aliphatic heterocycles. The summed E-state index contributed by atoms with van der Waals surface area (Å²) in [4.78, 5) is 16.7. The minimum atomic E-state index is 0.0791. The van der Waals surface area contributed by atoms with E-state index in [0.717, 1.165) is 43.8 Å². The molecular formula is C15H21N3O2. The lowest BCUT2D eigenvalue weighted by atomic mass is 9.98. The maximum Gasteiger partial charge on any atom is 0.254 e. The lowest BCUT2D eigenvalue weighted by Crippen LogP contribution is -2.49. The molecule has 1 amide bonds. The largest absolute Gasteiger partial charge is 0.399 e. The zero-order valence-electron chi connectivity index (χ0n) is 11.8. The quantitative estimate of drug-likeness (QED) is 0.803. The normalized spacial score (nSPS) is 23.8. The maximum absolute atomic E-state index is 12.5.